The van der Waals surface area contributed by atoms with E-state index in [0.29, 0.717) is 6.42 Å². The average Bonchev–Trinajstić information content (AvgIpc) is 2.67. The van der Waals surface area contributed by atoms with E-state index in [1.165, 1.54) is 0 Å². The number of hydrogen-bond donors (Lipinski definition) is 0. The van der Waals surface area contributed by atoms with Crippen molar-refractivity contribution in [3.05, 3.63) is 24.4 Å². The molecule has 3 rings (SSSR count). The summed E-state index contributed by atoms with van der Waals surface area (Å²) in [5.41, 5.74) is 0. The van der Waals surface area contributed by atoms with E-state index >= 15 is 0 Å². The molecule has 24 heavy (non-hydrogen) atoms. The first-order chi connectivity index (χ1) is 11.7. The third-order valence-corrected chi connectivity index (χ3v) is 5.06. The molecule has 1 amide bonds. The Morgan fingerprint density at radius 3 is 2.92 bits per heavy atom. The van der Waals surface area contributed by atoms with Crippen LogP contribution in [0, 0.1) is 0 Å². The lowest BCUT2D eigenvalue weighted by molar-refractivity contribution is -0.132. The van der Waals surface area contributed by atoms with Gasteiger partial charge in [-0.25, -0.2) is 4.98 Å². The van der Waals surface area contributed by atoms with Crippen molar-refractivity contribution >= 4 is 11.7 Å². The lowest BCUT2D eigenvalue weighted by atomic mass is 10.0. The summed E-state index contributed by atoms with van der Waals surface area (Å²) < 4.78 is 5.35. The average molecular weight is 332 g/mol. The molecule has 2 fully saturated rings. The molecular weight excluding hydrogens is 304 g/mol. The van der Waals surface area contributed by atoms with Gasteiger partial charge in [0.2, 0.25) is 5.91 Å². The maximum atomic E-state index is 12.6. The first kappa shape index (κ1) is 17.2. The Bertz CT molecular complexity index is 519. The summed E-state index contributed by atoms with van der Waals surface area (Å²) in [5.74, 6) is 1.26. The van der Waals surface area contributed by atoms with E-state index < -0.39 is 0 Å². The van der Waals surface area contributed by atoms with E-state index in [1.807, 2.05) is 36.3 Å². The number of ether oxygens (including phenoxy) is 1. The van der Waals surface area contributed by atoms with Crippen LogP contribution in [0.2, 0.25) is 0 Å². The van der Waals surface area contributed by atoms with Gasteiger partial charge in [0.25, 0.3) is 0 Å². The number of morpholine rings is 1. The summed E-state index contributed by atoms with van der Waals surface area (Å²) in [7, 11) is 1.95. The van der Waals surface area contributed by atoms with Gasteiger partial charge in [0.1, 0.15) is 5.82 Å². The highest BCUT2D eigenvalue weighted by Gasteiger charge is 2.26. The van der Waals surface area contributed by atoms with Crippen LogP contribution < -0.4 is 4.90 Å². The van der Waals surface area contributed by atoms with E-state index in [0.717, 1.165) is 64.6 Å². The molecule has 1 atom stereocenters. The number of amides is 1. The molecule has 1 unspecified atom stereocenters. The molecule has 0 N–H and O–H groups in total. The molecule has 132 valence electrons. The van der Waals surface area contributed by atoms with Gasteiger partial charge in [-0.15, -0.1) is 0 Å². The lowest BCUT2D eigenvalue weighted by Crippen LogP contribution is -2.49. The number of aromatic nitrogens is 1. The molecule has 2 saturated heterocycles. The lowest BCUT2D eigenvalue weighted by Gasteiger charge is -2.38. The van der Waals surface area contributed by atoms with Crippen LogP contribution in [-0.2, 0) is 9.53 Å². The number of hydrogen-bond acceptors (Lipinski definition) is 5. The minimum atomic E-state index is 0.245. The second kappa shape index (κ2) is 8.44. The van der Waals surface area contributed by atoms with Gasteiger partial charge >= 0.3 is 0 Å². The van der Waals surface area contributed by atoms with Crippen molar-refractivity contribution in [3.8, 4) is 0 Å². The van der Waals surface area contributed by atoms with E-state index in [4.69, 9.17) is 4.74 Å². The maximum absolute atomic E-state index is 12.6. The van der Waals surface area contributed by atoms with Crippen molar-refractivity contribution in [2.24, 2.45) is 0 Å². The summed E-state index contributed by atoms with van der Waals surface area (Å²) >= 11 is 0. The summed E-state index contributed by atoms with van der Waals surface area (Å²) in [6, 6.07) is 6.27. The number of carbonyl (C=O) groups excluding carboxylic acids is 1. The van der Waals surface area contributed by atoms with E-state index in [-0.39, 0.29) is 11.9 Å². The zero-order valence-corrected chi connectivity index (χ0v) is 14.6. The number of nitrogens with zero attached hydrogens (tertiary/aromatic N) is 4. The molecule has 0 bridgehead atoms. The number of rotatable bonds is 5. The molecule has 1 aromatic heterocycles. The zero-order valence-electron chi connectivity index (χ0n) is 14.6. The number of pyridine rings is 1. The van der Waals surface area contributed by atoms with Crippen molar-refractivity contribution in [3.63, 3.8) is 0 Å². The van der Waals surface area contributed by atoms with Gasteiger partial charge in [-0.05, 0) is 25.0 Å². The number of anilines is 1. The Hall–Kier alpha value is -1.66. The third-order valence-electron chi connectivity index (χ3n) is 5.06. The number of likely N-dealkylation sites (N-methyl/N-ethyl adjacent to an activating group) is 1. The maximum Gasteiger partial charge on any atom is 0.223 e. The van der Waals surface area contributed by atoms with Gasteiger partial charge in [-0.1, -0.05) is 6.07 Å². The summed E-state index contributed by atoms with van der Waals surface area (Å²) in [6.45, 7) is 6.17. The van der Waals surface area contributed by atoms with Crippen molar-refractivity contribution in [2.45, 2.75) is 25.3 Å². The van der Waals surface area contributed by atoms with Gasteiger partial charge in [0.05, 0.1) is 13.2 Å². The van der Waals surface area contributed by atoms with Crippen LogP contribution in [0.15, 0.2) is 24.4 Å². The second-order valence-electron chi connectivity index (χ2n) is 6.64. The number of carbonyl (C=O) groups is 1. The van der Waals surface area contributed by atoms with E-state index in [1.54, 1.807) is 0 Å². The highest BCUT2D eigenvalue weighted by Crippen LogP contribution is 2.20. The molecular formula is C18H28N4O2. The molecule has 1 aromatic rings. The predicted octanol–water partition coefficient (Wildman–Crippen LogP) is 1.23. The fraction of sp³-hybridized carbons (Fsp3) is 0.667. The Balaban J connectivity index is 1.50. The third kappa shape index (κ3) is 4.45. The normalized spacial score (nSPS) is 22.4. The molecule has 6 nitrogen and oxygen atoms in total. The molecule has 0 radical (unpaired) electrons. The molecule has 0 aliphatic carbocycles. The van der Waals surface area contributed by atoms with Gasteiger partial charge in [-0.2, -0.15) is 0 Å². The number of piperidine rings is 1. The monoisotopic (exact) mass is 332 g/mol. The predicted molar refractivity (Wildman–Crippen MR) is 94.1 cm³/mol. The van der Waals surface area contributed by atoms with Crippen LogP contribution in [0.5, 0.6) is 0 Å². The molecule has 6 heteroatoms. The molecule has 0 aromatic carbocycles. The van der Waals surface area contributed by atoms with Crippen molar-refractivity contribution in [1.29, 1.82) is 0 Å². The largest absolute Gasteiger partial charge is 0.379 e. The highest BCUT2D eigenvalue weighted by molar-refractivity contribution is 5.76. The minimum absolute atomic E-state index is 0.245. The first-order valence-corrected chi connectivity index (χ1v) is 8.96. The summed E-state index contributed by atoms with van der Waals surface area (Å²) in [4.78, 5) is 23.6. The van der Waals surface area contributed by atoms with Crippen molar-refractivity contribution < 1.29 is 9.53 Å². The standard InChI is InChI=1S/C18H28N4O2/c1-20(18(23)7-10-21-11-13-24-14-12-21)16-5-4-9-22(15-16)17-6-2-3-8-19-17/h2-3,6,8,16H,4-5,7,9-15H2,1H3. The van der Waals surface area contributed by atoms with Crippen LogP contribution in [0.3, 0.4) is 0 Å². The van der Waals surface area contributed by atoms with Gasteiger partial charge in [0, 0.05) is 58.4 Å². The Kier molecular flexibility index (Phi) is 6.04. The van der Waals surface area contributed by atoms with Gasteiger partial charge < -0.3 is 14.5 Å². The Labute approximate surface area is 144 Å². The fourth-order valence-electron chi connectivity index (χ4n) is 3.48. The minimum Gasteiger partial charge on any atom is -0.379 e. The summed E-state index contributed by atoms with van der Waals surface area (Å²) in [6.07, 6.45) is 4.60. The molecule has 0 spiro atoms. The van der Waals surface area contributed by atoms with Crippen molar-refractivity contribution in [2.75, 3.05) is 57.9 Å². The van der Waals surface area contributed by atoms with Gasteiger partial charge in [-0.3, -0.25) is 9.69 Å². The molecule has 2 aliphatic heterocycles. The van der Waals surface area contributed by atoms with Crippen LogP contribution in [0.25, 0.3) is 0 Å². The topological polar surface area (TPSA) is 48.9 Å². The fourth-order valence-corrected chi connectivity index (χ4v) is 3.48. The van der Waals surface area contributed by atoms with Gasteiger partial charge in [0.15, 0.2) is 0 Å². The molecule has 0 saturated carbocycles. The molecule has 3 heterocycles. The first-order valence-electron chi connectivity index (χ1n) is 8.96. The van der Waals surface area contributed by atoms with Crippen molar-refractivity contribution in [1.82, 2.24) is 14.8 Å². The van der Waals surface area contributed by atoms with Crippen LogP contribution in [0.1, 0.15) is 19.3 Å². The SMILES string of the molecule is CN(C(=O)CCN1CCOCC1)C1CCCN(c2ccccn2)C1. The quantitative estimate of drug-likeness (QED) is 0.812. The van der Waals surface area contributed by atoms with E-state index in [9.17, 15) is 4.79 Å². The smallest absolute Gasteiger partial charge is 0.223 e. The zero-order chi connectivity index (χ0) is 16.8. The Morgan fingerprint density at radius 2 is 2.17 bits per heavy atom. The second-order valence-corrected chi connectivity index (χ2v) is 6.64. The highest BCUT2D eigenvalue weighted by atomic mass is 16.5. The van der Waals surface area contributed by atoms with Crippen LogP contribution >= 0.6 is 0 Å². The molecule has 2 aliphatic rings. The Morgan fingerprint density at radius 1 is 1.33 bits per heavy atom. The van der Waals surface area contributed by atoms with E-state index in [2.05, 4.69) is 14.8 Å². The van der Waals surface area contributed by atoms with Crippen LogP contribution in [-0.4, -0.2) is 79.7 Å². The van der Waals surface area contributed by atoms with Crippen LogP contribution in [0.4, 0.5) is 5.82 Å². The summed E-state index contributed by atoms with van der Waals surface area (Å²) in [5, 5.41) is 0.